The lowest BCUT2D eigenvalue weighted by atomic mass is 10.1. The van der Waals surface area contributed by atoms with Crippen molar-refractivity contribution in [2.75, 3.05) is 12.4 Å². The third-order valence-electron chi connectivity index (χ3n) is 3.44. The van der Waals surface area contributed by atoms with Gasteiger partial charge in [-0.3, -0.25) is 14.9 Å². The monoisotopic (exact) mass is 340 g/mol. The molecule has 2 aromatic carbocycles. The molecule has 0 fully saturated rings. The lowest BCUT2D eigenvalue weighted by Gasteiger charge is -2.06. The number of ether oxygens (including phenoxy) is 1. The fourth-order valence-corrected chi connectivity index (χ4v) is 2.10. The van der Waals surface area contributed by atoms with Crippen LogP contribution in [0, 0.1) is 17.0 Å². The molecule has 0 radical (unpaired) electrons. The molecule has 0 saturated carbocycles. The van der Waals surface area contributed by atoms with Crippen molar-refractivity contribution in [3.63, 3.8) is 0 Å². The van der Waals surface area contributed by atoms with Crippen LogP contribution in [-0.2, 0) is 9.53 Å². The average molecular weight is 340 g/mol. The molecule has 0 aromatic heterocycles. The quantitative estimate of drug-likeness (QED) is 0.389. The summed E-state index contributed by atoms with van der Waals surface area (Å²) in [6.07, 6.45) is 2.94. The van der Waals surface area contributed by atoms with Gasteiger partial charge in [-0.15, -0.1) is 0 Å². The van der Waals surface area contributed by atoms with Crippen LogP contribution in [0.4, 0.5) is 11.4 Å². The van der Waals surface area contributed by atoms with E-state index in [4.69, 9.17) is 0 Å². The van der Waals surface area contributed by atoms with Gasteiger partial charge in [-0.05, 0) is 42.3 Å². The second-order valence-corrected chi connectivity index (χ2v) is 5.19. The molecular weight excluding hydrogens is 324 g/mol. The zero-order valence-electron chi connectivity index (χ0n) is 13.7. The summed E-state index contributed by atoms with van der Waals surface area (Å²) in [6, 6.07) is 10.8. The van der Waals surface area contributed by atoms with Crippen molar-refractivity contribution in [1.82, 2.24) is 0 Å². The van der Waals surface area contributed by atoms with Crippen molar-refractivity contribution in [2.45, 2.75) is 6.92 Å². The molecule has 7 nitrogen and oxygen atoms in total. The second-order valence-electron chi connectivity index (χ2n) is 5.19. The highest BCUT2D eigenvalue weighted by atomic mass is 16.6. The van der Waals surface area contributed by atoms with E-state index in [1.165, 1.54) is 31.4 Å². The smallest absolute Gasteiger partial charge is 0.337 e. The number of amides is 1. The summed E-state index contributed by atoms with van der Waals surface area (Å²) < 4.78 is 4.61. The van der Waals surface area contributed by atoms with Crippen molar-refractivity contribution >= 4 is 29.3 Å². The highest BCUT2D eigenvalue weighted by molar-refractivity contribution is 6.02. The highest BCUT2D eigenvalue weighted by Gasteiger charge is 2.09. The first-order valence-corrected chi connectivity index (χ1v) is 7.33. The molecule has 2 aromatic rings. The van der Waals surface area contributed by atoms with E-state index in [0.29, 0.717) is 16.8 Å². The Bertz CT molecular complexity index is 841. The van der Waals surface area contributed by atoms with Crippen molar-refractivity contribution in [2.24, 2.45) is 0 Å². The number of methoxy groups -OCH3 is 1. The minimum absolute atomic E-state index is 0.0308. The van der Waals surface area contributed by atoms with Gasteiger partial charge in [-0.25, -0.2) is 4.79 Å². The average Bonchev–Trinajstić information content (AvgIpc) is 2.61. The molecule has 0 heterocycles. The van der Waals surface area contributed by atoms with Crippen LogP contribution < -0.4 is 5.32 Å². The summed E-state index contributed by atoms with van der Waals surface area (Å²) in [5.74, 6) is -0.795. The Hall–Kier alpha value is -3.48. The summed E-state index contributed by atoms with van der Waals surface area (Å²) in [5, 5.41) is 13.4. The number of hydrogen-bond acceptors (Lipinski definition) is 5. The van der Waals surface area contributed by atoms with Crippen molar-refractivity contribution < 1.29 is 19.2 Å². The number of esters is 1. The van der Waals surface area contributed by atoms with Crippen LogP contribution in [0.1, 0.15) is 21.5 Å². The zero-order chi connectivity index (χ0) is 18.4. The number of nitro groups is 1. The Labute approximate surface area is 144 Å². The first-order chi connectivity index (χ1) is 11.9. The maximum atomic E-state index is 12.0. The Kier molecular flexibility index (Phi) is 5.62. The van der Waals surface area contributed by atoms with Gasteiger partial charge in [0.2, 0.25) is 5.91 Å². The zero-order valence-corrected chi connectivity index (χ0v) is 13.7. The molecule has 0 aliphatic heterocycles. The molecule has 2 rings (SSSR count). The maximum Gasteiger partial charge on any atom is 0.337 e. The third kappa shape index (κ3) is 4.74. The third-order valence-corrected chi connectivity index (χ3v) is 3.44. The molecule has 0 bridgehead atoms. The van der Waals surface area contributed by atoms with Crippen LogP contribution in [-0.4, -0.2) is 23.9 Å². The minimum atomic E-state index is -0.490. The van der Waals surface area contributed by atoms with Crippen molar-refractivity contribution in [3.8, 4) is 0 Å². The number of benzene rings is 2. The predicted molar refractivity (Wildman–Crippen MR) is 93.3 cm³/mol. The predicted octanol–water partition coefficient (Wildman–Crippen LogP) is 3.34. The van der Waals surface area contributed by atoms with Crippen molar-refractivity contribution in [3.05, 3.63) is 75.3 Å². The fourth-order valence-electron chi connectivity index (χ4n) is 2.10. The summed E-state index contributed by atoms with van der Waals surface area (Å²) in [5.41, 5.74) is 2.23. The van der Waals surface area contributed by atoms with Gasteiger partial charge in [0.1, 0.15) is 0 Å². The van der Waals surface area contributed by atoms with Crippen LogP contribution in [0.3, 0.4) is 0 Å². The number of non-ortho nitro benzene ring substituents is 1. The summed E-state index contributed by atoms with van der Waals surface area (Å²) in [7, 11) is 1.31. The number of carbonyl (C=O) groups is 2. The summed E-state index contributed by atoms with van der Waals surface area (Å²) >= 11 is 0. The number of aryl methyl sites for hydroxylation is 1. The van der Waals surface area contributed by atoms with Crippen molar-refractivity contribution in [1.29, 1.82) is 0 Å². The van der Waals surface area contributed by atoms with E-state index in [1.807, 2.05) is 0 Å². The first-order valence-electron chi connectivity index (χ1n) is 7.33. The number of nitrogens with zero attached hydrogens (tertiary/aromatic N) is 1. The van der Waals surface area contributed by atoms with E-state index in [0.717, 1.165) is 5.56 Å². The summed E-state index contributed by atoms with van der Waals surface area (Å²) in [4.78, 5) is 33.5. The van der Waals surface area contributed by atoms with E-state index in [-0.39, 0.29) is 11.6 Å². The Morgan fingerprint density at radius 3 is 2.40 bits per heavy atom. The SMILES string of the molecule is COC(=O)c1ccc(/C=C/C(=O)Nc2ccc([N+](=O)[O-])cc2C)cc1. The molecule has 0 aliphatic carbocycles. The molecular formula is C18H16N2O5. The lowest BCUT2D eigenvalue weighted by molar-refractivity contribution is -0.384. The molecule has 0 atom stereocenters. The number of carbonyl (C=O) groups excluding carboxylic acids is 2. The number of rotatable bonds is 5. The molecule has 0 saturated heterocycles. The number of hydrogen-bond donors (Lipinski definition) is 1. The Balaban J connectivity index is 2.03. The van der Waals surface area contributed by atoms with E-state index < -0.39 is 10.9 Å². The molecule has 0 unspecified atom stereocenters. The van der Waals surface area contributed by atoms with Crippen LogP contribution in [0.25, 0.3) is 6.08 Å². The standard InChI is InChI=1S/C18H16N2O5/c1-12-11-15(20(23)24)8-9-16(12)19-17(21)10-5-13-3-6-14(7-4-13)18(22)25-2/h3-11H,1-2H3,(H,19,21)/b10-5+. The maximum absolute atomic E-state index is 12.0. The van der Waals surface area contributed by atoms with Gasteiger partial charge in [0.25, 0.3) is 5.69 Å². The van der Waals surface area contributed by atoms with Gasteiger partial charge < -0.3 is 10.1 Å². The number of anilines is 1. The van der Waals surface area contributed by atoms with Crippen LogP contribution in [0.15, 0.2) is 48.5 Å². The normalized spacial score (nSPS) is 10.5. The topological polar surface area (TPSA) is 98.5 Å². The van der Waals surface area contributed by atoms with E-state index in [9.17, 15) is 19.7 Å². The van der Waals surface area contributed by atoms with E-state index in [2.05, 4.69) is 10.1 Å². The molecule has 7 heteroatoms. The largest absolute Gasteiger partial charge is 0.465 e. The second kappa shape index (κ2) is 7.87. The molecule has 0 aliphatic rings. The first kappa shape index (κ1) is 17.9. The Morgan fingerprint density at radius 1 is 1.16 bits per heavy atom. The molecule has 1 amide bonds. The van der Waals surface area contributed by atoms with Gasteiger partial charge in [0, 0.05) is 23.9 Å². The van der Waals surface area contributed by atoms with Gasteiger partial charge in [-0.1, -0.05) is 12.1 Å². The molecule has 0 spiro atoms. The molecule has 25 heavy (non-hydrogen) atoms. The molecule has 1 N–H and O–H groups in total. The van der Waals surface area contributed by atoms with E-state index in [1.54, 1.807) is 37.3 Å². The van der Waals surface area contributed by atoms with Gasteiger partial charge >= 0.3 is 5.97 Å². The van der Waals surface area contributed by atoms with Crippen LogP contribution in [0.5, 0.6) is 0 Å². The van der Waals surface area contributed by atoms with Gasteiger partial charge in [0.15, 0.2) is 0 Å². The number of nitro benzene ring substituents is 1. The highest BCUT2D eigenvalue weighted by Crippen LogP contribution is 2.21. The summed E-state index contributed by atoms with van der Waals surface area (Å²) in [6.45, 7) is 1.68. The van der Waals surface area contributed by atoms with Crippen LogP contribution in [0.2, 0.25) is 0 Å². The number of nitrogens with one attached hydrogen (secondary N) is 1. The minimum Gasteiger partial charge on any atom is -0.465 e. The van der Waals surface area contributed by atoms with Gasteiger partial charge in [0.05, 0.1) is 17.6 Å². The van der Waals surface area contributed by atoms with Gasteiger partial charge in [-0.2, -0.15) is 0 Å². The van der Waals surface area contributed by atoms with E-state index >= 15 is 0 Å². The molecule has 128 valence electrons. The fraction of sp³-hybridized carbons (Fsp3) is 0.111. The lowest BCUT2D eigenvalue weighted by Crippen LogP contribution is -2.09. The Morgan fingerprint density at radius 2 is 1.84 bits per heavy atom. The van der Waals surface area contributed by atoms with Crippen LogP contribution >= 0.6 is 0 Å².